The Balaban J connectivity index is 0.00000200. The van der Waals surface area contributed by atoms with Crippen molar-refractivity contribution < 1.29 is 4.79 Å². The molecule has 210 valence electrons. The van der Waals surface area contributed by atoms with Crippen molar-refractivity contribution in [2.24, 2.45) is 11.8 Å². The largest absolute Gasteiger partial charge is 0.372 e. The fourth-order valence-corrected chi connectivity index (χ4v) is 6.57. The van der Waals surface area contributed by atoms with Crippen LogP contribution in [0.1, 0.15) is 56.1 Å². The van der Waals surface area contributed by atoms with E-state index in [4.69, 9.17) is 0 Å². The van der Waals surface area contributed by atoms with Crippen LogP contribution in [-0.2, 0) is 17.9 Å². The van der Waals surface area contributed by atoms with Crippen molar-refractivity contribution >= 4 is 36.4 Å². The second-order valence-electron chi connectivity index (χ2n) is 11.4. The van der Waals surface area contributed by atoms with Gasteiger partial charge in [0.2, 0.25) is 5.91 Å². The Morgan fingerprint density at radius 3 is 2.42 bits per heavy atom. The van der Waals surface area contributed by atoms with E-state index in [1.54, 1.807) is 0 Å². The van der Waals surface area contributed by atoms with Gasteiger partial charge in [-0.3, -0.25) is 9.69 Å². The van der Waals surface area contributed by atoms with E-state index in [2.05, 4.69) is 69.7 Å². The first-order valence-corrected chi connectivity index (χ1v) is 14.2. The summed E-state index contributed by atoms with van der Waals surface area (Å²) in [6.07, 6.45) is 7.99. The number of nitrogens with zero attached hydrogens (tertiary/aromatic N) is 3. The predicted molar refractivity (Wildman–Crippen MR) is 162 cm³/mol. The molecule has 5 nitrogen and oxygen atoms in total. The number of fused-ring (bicyclic) bond motifs is 2. The predicted octanol–water partition coefficient (Wildman–Crippen LogP) is 5.76. The summed E-state index contributed by atoms with van der Waals surface area (Å²) in [6.45, 7) is 7.58. The molecule has 0 radical (unpaired) electrons. The maximum absolute atomic E-state index is 12.9. The molecule has 3 saturated heterocycles. The Bertz CT molecular complexity index is 968. The van der Waals surface area contributed by atoms with Crippen LogP contribution in [0.5, 0.6) is 0 Å². The van der Waals surface area contributed by atoms with Gasteiger partial charge in [-0.2, -0.15) is 0 Å². The number of nitrogens with one attached hydrogen (secondary N) is 1. The Morgan fingerprint density at radius 1 is 0.947 bits per heavy atom. The maximum Gasteiger partial charge on any atom is 0.222 e. The second kappa shape index (κ2) is 15.1. The molecule has 2 aromatic rings. The van der Waals surface area contributed by atoms with Crippen LogP contribution in [-0.4, -0.2) is 61.5 Å². The van der Waals surface area contributed by atoms with Crippen molar-refractivity contribution in [3.05, 3.63) is 65.7 Å². The lowest BCUT2D eigenvalue weighted by Crippen LogP contribution is -2.55. The third kappa shape index (κ3) is 8.35. The Labute approximate surface area is 242 Å². The van der Waals surface area contributed by atoms with Crippen molar-refractivity contribution in [1.29, 1.82) is 0 Å². The molecule has 5 rings (SSSR count). The summed E-state index contributed by atoms with van der Waals surface area (Å²) in [6, 6.07) is 20.3. The summed E-state index contributed by atoms with van der Waals surface area (Å²) < 4.78 is 0. The maximum atomic E-state index is 12.9. The van der Waals surface area contributed by atoms with E-state index in [1.165, 1.54) is 68.7 Å². The second-order valence-corrected chi connectivity index (χ2v) is 11.4. The SMILES string of the molecule is CN(Cc1ccc(N2CCCCC2)cc1)C(=O)CCCC1NCC2CC1CN(Cc1ccccc1)C2.Cl.Cl. The molecule has 3 unspecified atom stereocenters. The van der Waals surface area contributed by atoms with Gasteiger partial charge in [0.1, 0.15) is 0 Å². The molecule has 0 spiro atoms. The van der Waals surface area contributed by atoms with Crippen molar-refractivity contribution in [3.63, 3.8) is 0 Å². The summed E-state index contributed by atoms with van der Waals surface area (Å²) in [5.74, 6) is 1.73. The lowest BCUT2D eigenvalue weighted by molar-refractivity contribution is -0.130. The van der Waals surface area contributed by atoms with Gasteiger partial charge in [0.15, 0.2) is 0 Å². The Kier molecular flexibility index (Phi) is 12.2. The van der Waals surface area contributed by atoms with Crippen LogP contribution < -0.4 is 10.2 Å². The monoisotopic (exact) mass is 560 g/mol. The number of amides is 1. The number of anilines is 1. The molecule has 1 amide bonds. The lowest BCUT2D eigenvalue weighted by Gasteiger charge is -2.46. The van der Waals surface area contributed by atoms with E-state index in [9.17, 15) is 4.79 Å². The Hall–Kier alpha value is -1.79. The summed E-state index contributed by atoms with van der Waals surface area (Å²) >= 11 is 0. The number of piperidine rings is 3. The van der Waals surface area contributed by atoms with Gasteiger partial charge in [-0.1, -0.05) is 42.5 Å². The number of hydrogen-bond acceptors (Lipinski definition) is 4. The van der Waals surface area contributed by atoms with E-state index >= 15 is 0 Å². The third-order valence-electron chi connectivity index (χ3n) is 8.54. The van der Waals surface area contributed by atoms with Crippen molar-refractivity contribution in [2.75, 3.05) is 44.7 Å². The van der Waals surface area contributed by atoms with Gasteiger partial charge in [0.05, 0.1) is 0 Å². The third-order valence-corrected chi connectivity index (χ3v) is 8.54. The molecule has 3 heterocycles. The molecule has 2 bridgehead atoms. The highest BCUT2D eigenvalue weighted by Crippen LogP contribution is 2.31. The molecule has 3 aliphatic rings. The average molecular weight is 562 g/mol. The van der Waals surface area contributed by atoms with E-state index in [1.807, 2.05) is 11.9 Å². The summed E-state index contributed by atoms with van der Waals surface area (Å²) in [7, 11) is 1.95. The van der Waals surface area contributed by atoms with Crippen molar-refractivity contribution in [3.8, 4) is 0 Å². The normalized spacial score (nSPS) is 23.2. The minimum atomic E-state index is 0. The van der Waals surface area contributed by atoms with Crippen LogP contribution in [0.3, 0.4) is 0 Å². The number of hydrogen-bond donors (Lipinski definition) is 1. The first-order valence-electron chi connectivity index (χ1n) is 14.2. The fraction of sp³-hybridized carbons (Fsp3) is 0.581. The molecule has 3 atom stereocenters. The zero-order chi connectivity index (χ0) is 24.7. The number of carbonyl (C=O) groups is 1. The number of halogens is 2. The fourth-order valence-electron chi connectivity index (χ4n) is 6.57. The first-order chi connectivity index (χ1) is 17.6. The number of benzene rings is 2. The average Bonchev–Trinajstić information content (AvgIpc) is 2.91. The quantitative estimate of drug-likeness (QED) is 0.423. The number of carbonyl (C=O) groups excluding carboxylic acids is 1. The van der Waals surface area contributed by atoms with E-state index in [0.717, 1.165) is 31.8 Å². The molecule has 3 fully saturated rings. The van der Waals surface area contributed by atoms with Gasteiger partial charge in [-0.25, -0.2) is 0 Å². The van der Waals surface area contributed by atoms with Crippen LogP contribution in [0, 0.1) is 11.8 Å². The highest BCUT2D eigenvalue weighted by atomic mass is 35.5. The topological polar surface area (TPSA) is 38.8 Å². The van der Waals surface area contributed by atoms with Gasteiger partial charge in [-0.15, -0.1) is 24.8 Å². The van der Waals surface area contributed by atoms with Gasteiger partial charge >= 0.3 is 0 Å². The minimum Gasteiger partial charge on any atom is -0.372 e. The molecule has 3 aliphatic heterocycles. The van der Waals surface area contributed by atoms with Crippen molar-refractivity contribution in [2.45, 2.75) is 64.1 Å². The number of rotatable bonds is 9. The van der Waals surface area contributed by atoms with Crippen molar-refractivity contribution in [1.82, 2.24) is 15.1 Å². The first kappa shape index (κ1) is 30.7. The van der Waals surface area contributed by atoms with Crippen LogP contribution in [0.4, 0.5) is 5.69 Å². The number of likely N-dealkylation sites (tertiary alicyclic amines) is 1. The van der Waals surface area contributed by atoms with Crippen LogP contribution in [0.15, 0.2) is 54.6 Å². The van der Waals surface area contributed by atoms with Crippen LogP contribution in [0.2, 0.25) is 0 Å². The molecule has 0 saturated carbocycles. The van der Waals surface area contributed by atoms with E-state index in [0.29, 0.717) is 24.9 Å². The lowest BCUT2D eigenvalue weighted by atomic mass is 9.79. The molecule has 7 heteroatoms. The summed E-state index contributed by atoms with van der Waals surface area (Å²) in [5.41, 5.74) is 3.95. The van der Waals surface area contributed by atoms with Gasteiger partial charge < -0.3 is 15.1 Å². The highest BCUT2D eigenvalue weighted by Gasteiger charge is 2.36. The van der Waals surface area contributed by atoms with E-state index < -0.39 is 0 Å². The highest BCUT2D eigenvalue weighted by molar-refractivity contribution is 5.85. The molecule has 38 heavy (non-hydrogen) atoms. The molecular formula is C31H46Cl2N4O. The van der Waals surface area contributed by atoms with Crippen LogP contribution >= 0.6 is 24.8 Å². The van der Waals surface area contributed by atoms with Gasteiger partial charge in [0.25, 0.3) is 0 Å². The molecule has 0 aromatic heterocycles. The standard InChI is InChI=1S/C31H44N4O.2ClH/c1-33(21-26-13-15-29(16-14-26)35-17-6-3-7-18-35)31(36)12-8-11-30-28-19-27(20-32-30)23-34(24-28)22-25-9-4-2-5-10-25;;/h2,4-5,9-10,13-16,27-28,30,32H,3,6-8,11-12,17-24H2,1H3;2*1H. The molecular weight excluding hydrogens is 515 g/mol. The zero-order valence-electron chi connectivity index (χ0n) is 22.9. The molecule has 1 N–H and O–H groups in total. The summed E-state index contributed by atoms with van der Waals surface area (Å²) in [5, 5.41) is 3.83. The zero-order valence-corrected chi connectivity index (χ0v) is 24.5. The minimum absolute atomic E-state index is 0. The van der Waals surface area contributed by atoms with Crippen LogP contribution in [0.25, 0.3) is 0 Å². The smallest absolute Gasteiger partial charge is 0.222 e. The van der Waals surface area contributed by atoms with Gasteiger partial charge in [-0.05, 0) is 80.2 Å². The van der Waals surface area contributed by atoms with Gasteiger partial charge in [0, 0.05) is 64.5 Å². The Morgan fingerprint density at radius 2 is 1.68 bits per heavy atom. The molecule has 0 aliphatic carbocycles. The molecule has 2 aromatic carbocycles. The summed E-state index contributed by atoms with van der Waals surface area (Å²) in [4.78, 5) is 19.9. The van der Waals surface area contributed by atoms with E-state index in [-0.39, 0.29) is 30.7 Å².